The van der Waals surface area contributed by atoms with Gasteiger partial charge in [-0.25, -0.2) is 0 Å². The van der Waals surface area contributed by atoms with Gasteiger partial charge in [0.2, 0.25) is 5.91 Å². The van der Waals surface area contributed by atoms with E-state index in [0.717, 1.165) is 12.8 Å². The summed E-state index contributed by atoms with van der Waals surface area (Å²) in [5, 5.41) is 11.5. The van der Waals surface area contributed by atoms with Gasteiger partial charge < -0.3 is 10.4 Å². The van der Waals surface area contributed by atoms with Gasteiger partial charge in [0.15, 0.2) is 0 Å². The lowest BCUT2D eigenvalue weighted by Crippen LogP contribution is -2.47. The van der Waals surface area contributed by atoms with Crippen LogP contribution in [0.25, 0.3) is 0 Å². The van der Waals surface area contributed by atoms with Crippen molar-refractivity contribution in [1.29, 1.82) is 0 Å². The minimum Gasteiger partial charge on any atom is -0.480 e. The van der Waals surface area contributed by atoms with Crippen LogP contribution < -0.4 is 5.32 Å². The molecule has 0 aromatic carbocycles. The van der Waals surface area contributed by atoms with E-state index in [9.17, 15) is 9.59 Å². The normalized spacial score (nSPS) is 16.6. The molecular weight excluding hydrogens is 220 g/mol. The van der Waals surface area contributed by atoms with Crippen LogP contribution in [0.1, 0.15) is 19.8 Å². The van der Waals surface area contributed by atoms with E-state index in [1.165, 1.54) is 0 Å². The molecule has 0 spiro atoms. The number of carbonyl (C=O) groups is 2. The number of carboxylic acid groups (broad SMARTS) is 1. The van der Waals surface area contributed by atoms with Crippen LogP contribution >= 0.6 is 0 Å². The summed E-state index contributed by atoms with van der Waals surface area (Å²) in [6.45, 7) is 6.28. The maximum absolute atomic E-state index is 11.7. The van der Waals surface area contributed by atoms with E-state index in [0.29, 0.717) is 19.0 Å². The maximum Gasteiger partial charge on any atom is 0.317 e. The molecule has 0 aliphatic heterocycles. The molecule has 1 aliphatic carbocycles. The lowest BCUT2D eigenvalue weighted by atomic mass is 10.2. The Morgan fingerprint density at radius 1 is 1.59 bits per heavy atom. The SMILES string of the molecule is C=CCNC(=O)C(C)N(CC(=O)O)CC1CC1. The van der Waals surface area contributed by atoms with Crippen LogP contribution in [0.5, 0.6) is 0 Å². The van der Waals surface area contributed by atoms with Gasteiger partial charge in [-0.2, -0.15) is 0 Å². The smallest absolute Gasteiger partial charge is 0.317 e. The van der Waals surface area contributed by atoms with Crippen LogP contribution in [0, 0.1) is 5.92 Å². The van der Waals surface area contributed by atoms with E-state index in [1.807, 2.05) is 0 Å². The summed E-state index contributed by atoms with van der Waals surface area (Å²) in [5.74, 6) is -0.482. The van der Waals surface area contributed by atoms with Crippen molar-refractivity contribution in [1.82, 2.24) is 10.2 Å². The largest absolute Gasteiger partial charge is 0.480 e. The lowest BCUT2D eigenvalue weighted by molar-refractivity contribution is -0.139. The van der Waals surface area contributed by atoms with Crippen molar-refractivity contribution in [2.75, 3.05) is 19.6 Å². The number of hydrogen-bond acceptors (Lipinski definition) is 3. The molecule has 5 nitrogen and oxygen atoms in total. The second-order valence-corrected chi connectivity index (χ2v) is 4.48. The molecule has 5 heteroatoms. The van der Waals surface area contributed by atoms with Crippen LogP contribution in [0.3, 0.4) is 0 Å². The molecule has 2 N–H and O–H groups in total. The molecule has 17 heavy (non-hydrogen) atoms. The first kappa shape index (κ1) is 13.7. The molecule has 1 unspecified atom stereocenters. The summed E-state index contributed by atoms with van der Waals surface area (Å²) >= 11 is 0. The highest BCUT2D eigenvalue weighted by Crippen LogP contribution is 2.30. The fourth-order valence-corrected chi connectivity index (χ4v) is 1.65. The number of hydrogen-bond donors (Lipinski definition) is 2. The molecule has 96 valence electrons. The van der Waals surface area contributed by atoms with Crippen LogP contribution in [0.2, 0.25) is 0 Å². The average Bonchev–Trinajstić information content (AvgIpc) is 3.07. The summed E-state index contributed by atoms with van der Waals surface area (Å²) in [6, 6.07) is -0.411. The van der Waals surface area contributed by atoms with Crippen LogP contribution in [0.4, 0.5) is 0 Å². The first-order valence-corrected chi connectivity index (χ1v) is 5.89. The third-order valence-electron chi connectivity index (χ3n) is 2.88. The molecule has 0 bridgehead atoms. The Kier molecular flexibility index (Phi) is 5.15. The minimum atomic E-state index is -0.894. The monoisotopic (exact) mass is 240 g/mol. The molecule has 1 saturated carbocycles. The summed E-state index contributed by atoms with van der Waals surface area (Å²) in [4.78, 5) is 24.2. The Bertz CT molecular complexity index is 300. The zero-order chi connectivity index (χ0) is 12.8. The molecule has 1 amide bonds. The standard InChI is InChI=1S/C12H20N2O3/c1-3-6-13-12(17)9(2)14(8-11(15)16)7-10-4-5-10/h3,9-10H,1,4-8H2,2H3,(H,13,17)(H,15,16). The van der Waals surface area contributed by atoms with Crippen molar-refractivity contribution in [3.63, 3.8) is 0 Å². The molecular formula is C12H20N2O3. The maximum atomic E-state index is 11.7. The van der Waals surface area contributed by atoms with E-state index in [1.54, 1.807) is 17.9 Å². The van der Waals surface area contributed by atoms with E-state index >= 15 is 0 Å². The van der Waals surface area contributed by atoms with Crippen molar-refractivity contribution >= 4 is 11.9 Å². The summed E-state index contributed by atoms with van der Waals surface area (Å²) in [5.41, 5.74) is 0. The van der Waals surface area contributed by atoms with Gasteiger partial charge in [-0.1, -0.05) is 6.08 Å². The van der Waals surface area contributed by atoms with Crippen LogP contribution in [-0.4, -0.2) is 47.6 Å². The Balaban J connectivity index is 2.49. The van der Waals surface area contributed by atoms with Crippen molar-refractivity contribution in [3.8, 4) is 0 Å². The van der Waals surface area contributed by atoms with Crippen LogP contribution in [0.15, 0.2) is 12.7 Å². The number of rotatable bonds is 8. The van der Waals surface area contributed by atoms with E-state index in [4.69, 9.17) is 5.11 Å². The third-order valence-corrected chi connectivity index (χ3v) is 2.88. The van der Waals surface area contributed by atoms with Crippen molar-refractivity contribution in [2.24, 2.45) is 5.92 Å². The van der Waals surface area contributed by atoms with Crippen LogP contribution in [-0.2, 0) is 9.59 Å². The lowest BCUT2D eigenvalue weighted by Gasteiger charge is -2.26. The Hall–Kier alpha value is -1.36. The highest BCUT2D eigenvalue weighted by Gasteiger charge is 2.30. The molecule has 1 atom stereocenters. The van der Waals surface area contributed by atoms with Crippen molar-refractivity contribution in [2.45, 2.75) is 25.8 Å². The predicted molar refractivity (Wildman–Crippen MR) is 64.6 cm³/mol. The Morgan fingerprint density at radius 2 is 2.24 bits per heavy atom. The van der Waals surface area contributed by atoms with Gasteiger partial charge in [0.1, 0.15) is 0 Å². The number of nitrogens with zero attached hydrogens (tertiary/aromatic N) is 1. The van der Waals surface area contributed by atoms with E-state index in [2.05, 4.69) is 11.9 Å². The van der Waals surface area contributed by atoms with Gasteiger partial charge >= 0.3 is 5.97 Å². The molecule has 0 heterocycles. The minimum absolute atomic E-state index is 0.0842. The molecule has 1 fully saturated rings. The average molecular weight is 240 g/mol. The molecule has 0 saturated heterocycles. The Labute approximate surface area is 101 Å². The first-order chi connectivity index (χ1) is 8.04. The van der Waals surface area contributed by atoms with Gasteiger partial charge in [-0.15, -0.1) is 6.58 Å². The van der Waals surface area contributed by atoms with Gasteiger partial charge in [0, 0.05) is 13.1 Å². The fourth-order valence-electron chi connectivity index (χ4n) is 1.65. The van der Waals surface area contributed by atoms with E-state index < -0.39 is 12.0 Å². The first-order valence-electron chi connectivity index (χ1n) is 5.89. The number of amides is 1. The zero-order valence-corrected chi connectivity index (χ0v) is 10.2. The molecule has 0 aromatic rings. The topological polar surface area (TPSA) is 69.6 Å². The quantitative estimate of drug-likeness (QED) is 0.605. The number of carbonyl (C=O) groups excluding carboxylic acids is 1. The Morgan fingerprint density at radius 3 is 2.71 bits per heavy atom. The predicted octanol–water partition coefficient (Wildman–Crippen LogP) is 0.474. The number of carboxylic acids is 1. The number of nitrogens with one attached hydrogen (secondary N) is 1. The van der Waals surface area contributed by atoms with Crippen molar-refractivity contribution < 1.29 is 14.7 Å². The summed E-state index contributed by atoms with van der Waals surface area (Å²) < 4.78 is 0. The highest BCUT2D eigenvalue weighted by atomic mass is 16.4. The van der Waals surface area contributed by atoms with Gasteiger partial charge in [0.25, 0.3) is 0 Å². The molecule has 1 rings (SSSR count). The number of aliphatic carboxylic acids is 1. The summed E-state index contributed by atoms with van der Waals surface area (Å²) in [7, 11) is 0. The molecule has 0 aromatic heterocycles. The highest BCUT2D eigenvalue weighted by molar-refractivity contribution is 5.82. The second-order valence-electron chi connectivity index (χ2n) is 4.48. The second kappa shape index (κ2) is 6.39. The third kappa shape index (κ3) is 4.99. The molecule has 1 aliphatic rings. The fraction of sp³-hybridized carbons (Fsp3) is 0.667. The summed E-state index contributed by atoms with van der Waals surface area (Å²) in [6.07, 6.45) is 3.88. The van der Waals surface area contributed by atoms with Gasteiger partial charge in [0.05, 0.1) is 12.6 Å². The van der Waals surface area contributed by atoms with Gasteiger partial charge in [-0.3, -0.25) is 14.5 Å². The molecule has 0 radical (unpaired) electrons. The zero-order valence-electron chi connectivity index (χ0n) is 10.2. The van der Waals surface area contributed by atoms with Crippen molar-refractivity contribution in [3.05, 3.63) is 12.7 Å². The van der Waals surface area contributed by atoms with E-state index in [-0.39, 0.29) is 12.5 Å². The van der Waals surface area contributed by atoms with Gasteiger partial charge in [-0.05, 0) is 25.7 Å².